The molecule has 9 heteroatoms. The summed E-state index contributed by atoms with van der Waals surface area (Å²) < 4.78 is 8.61. The molecule has 0 aliphatic rings. The van der Waals surface area contributed by atoms with Crippen molar-refractivity contribution in [2.24, 2.45) is 0 Å². The highest BCUT2D eigenvalue weighted by Crippen LogP contribution is 2.50. The summed E-state index contributed by atoms with van der Waals surface area (Å²) in [6, 6.07) is 0. The van der Waals surface area contributed by atoms with Crippen LogP contribution in [-0.2, 0) is 9.36 Å². The summed E-state index contributed by atoms with van der Waals surface area (Å²) >= 11 is 15.9. The number of carbonyl (C=O) groups excluding carboxylic acids is 1. The Morgan fingerprint density at radius 2 is 1.93 bits per heavy atom. The van der Waals surface area contributed by atoms with Crippen molar-refractivity contribution in [3.8, 4) is 0 Å². The third-order valence-corrected chi connectivity index (χ3v) is 3.57. The van der Waals surface area contributed by atoms with Crippen molar-refractivity contribution in [2.75, 3.05) is 0 Å². The Kier molecular flexibility index (Phi) is 5.19. The van der Waals surface area contributed by atoms with Crippen molar-refractivity contribution in [1.29, 1.82) is 0 Å². The van der Waals surface area contributed by atoms with Gasteiger partial charge < -0.3 is 15.1 Å². The van der Waals surface area contributed by atoms with Crippen LogP contribution < -0.4 is 5.32 Å². The highest BCUT2D eigenvalue weighted by molar-refractivity contribution is 7.53. The summed E-state index contributed by atoms with van der Waals surface area (Å²) in [5.74, 6) is -2.43. The van der Waals surface area contributed by atoms with Crippen molar-refractivity contribution in [1.82, 2.24) is 5.32 Å². The number of alkyl halides is 3. The van der Waals surface area contributed by atoms with Crippen LogP contribution >= 0.6 is 42.4 Å². The van der Waals surface area contributed by atoms with E-state index in [0.717, 1.165) is 0 Å². The van der Waals surface area contributed by atoms with Crippen LogP contribution in [0.5, 0.6) is 0 Å². The van der Waals surface area contributed by atoms with Gasteiger partial charge in [-0.15, -0.1) is 0 Å². The second kappa shape index (κ2) is 5.01. The van der Waals surface area contributed by atoms with Gasteiger partial charge in [0.05, 0.1) is 0 Å². The van der Waals surface area contributed by atoms with Gasteiger partial charge in [-0.3, -0.25) is 9.36 Å². The molecule has 0 unspecified atom stereocenters. The number of halogens is 3. The van der Waals surface area contributed by atoms with Gasteiger partial charge in [-0.05, 0) is 0 Å². The minimum atomic E-state index is -4.69. The van der Waals surface area contributed by atoms with E-state index in [2.05, 4.69) is 0 Å². The van der Waals surface area contributed by atoms with Gasteiger partial charge in [-0.25, -0.2) is 0 Å². The van der Waals surface area contributed by atoms with Crippen LogP contribution in [0.2, 0.25) is 0 Å². The van der Waals surface area contributed by atoms with Crippen molar-refractivity contribution >= 4 is 48.3 Å². The fourth-order valence-electron chi connectivity index (χ4n) is 0.611. The zero-order chi connectivity index (χ0) is 11.6. The molecule has 1 amide bonds. The monoisotopic (exact) mass is 283 g/mol. The number of hydrogen-bond donors (Lipinski definition) is 3. The van der Waals surface area contributed by atoms with Crippen LogP contribution in [0.15, 0.2) is 0 Å². The fourth-order valence-corrected chi connectivity index (χ4v) is 2.61. The highest BCUT2D eigenvalue weighted by Gasteiger charge is 2.45. The predicted molar refractivity (Wildman–Crippen MR) is 54.6 cm³/mol. The molecule has 0 saturated carbocycles. The van der Waals surface area contributed by atoms with Crippen LogP contribution in [0, 0.1) is 0 Å². The Bertz CT molecular complexity index is 260. The number of carbonyl (C=O) groups is 1. The molecule has 0 spiro atoms. The predicted octanol–water partition coefficient (Wildman–Crippen LogP) is 1.39. The first-order valence-corrected chi connectivity index (χ1v) is 6.32. The SMILES string of the molecule is CCC(=O)N[C@@H](C(Cl)(Cl)Cl)P(=O)(O)O. The molecule has 1 atom stereocenters. The van der Waals surface area contributed by atoms with E-state index in [-0.39, 0.29) is 6.42 Å². The number of amides is 1. The van der Waals surface area contributed by atoms with Gasteiger partial charge in [-0.1, -0.05) is 41.7 Å². The van der Waals surface area contributed by atoms with Crippen molar-refractivity contribution < 1.29 is 19.1 Å². The third-order valence-electron chi connectivity index (χ3n) is 1.27. The topological polar surface area (TPSA) is 86.6 Å². The smallest absolute Gasteiger partial charge is 0.339 e. The van der Waals surface area contributed by atoms with Gasteiger partial charge in [0, 0.05) is 6.42 Å². The zero-order valence-corrected chi connectivity index (χ0v) is 10.2. The molecule has 14 heavy (non-hydrogen) atoms. The number of hydrogen-bond acceptors (Lipinski definition) is 2. The van der Waals surface area contributed by atoms with Gasteiger partial charge in [0.2, 0.25) is 9.70 Å². The molecule has 0 aromatic carbocycles. The quantitative estimate of drug-likeness (QED) is 0.540. The van der Waals surface area contributed by atoms with E-state index in [1.54, 1.807) is 0 Å². The molecule has 0 aromatic rings. The molecular weight excluding hydrogens is 275 g/mol. The average molecular weight is 284 g/mol. The molecule has 0 rings (SSSR count). The summed E-state index contributed by atoms with van der Waals surface area (Å²) in [5.41, 5.74) is 0. The lowest BCUT2D eigenvalue weighted by atomic mass is 10.4. The van der Waals surface area contributed by atoms with E-state index in [1.165, 1.54) is 6.92 Å². The zero-order valence-electron chi connectivity index (χ0n) is 7.08. The van der Waals surface area contributed by atoms with E-state index in [4.69, 9.17) is 44.6 Å². The lowest BCUT2D eigenvalue weighted by Crippen LogP contribution is -2.43. The summed E-state index contributed by atoms with van der Waals surface area (Å²) in [4.78, 5) is 28.5. The molecular formula is C5H9Cl3NO4P. The molecule has 0 radical (unpaired) electrons. The molecule has 3 N–H and O–H groups in total. The van der Waals surface area contributed by atoms with Gasteiger partial charge in [0.15, 0.2) is 5.78 Å². The maximum absolute atomic E-state index is 10.9. The summed E-state index contributed by atoms with van der Waals surface area (Å²) in [6.07, 6.45) is 0.0389. The van der Waals surface area contributed by atoms with E-state index in [9.17, 15) is 9.36 Å². The molecule has 0 aliphatic heterocycles. The van der Waals surface area contributed by atoms with Crippen LogP contribution in [0.25, 0.3) is 0 Å². The van der Waals surface area contributed by atoms with Gasteiger partial charge in [0.25, 0.3) is 0 Å². The minimum Gasteiger partial charge on any atom is -0.339 e. The van der Waals surface area contributed by atoms with Crippen LogP contribution in [0.4, 0.5) is 0 Å². The fraction of sp³-hybridized carbons (Fsp3) is 0.800. The first-order valence-electron chi connectivity index (χ1n) is 3.50. The van der Waals surface area contributed by atoms with E-state index < -0.39 is 23.1 Å². The molecule has 84 valence electrons. The van der Waals surface area contributed by atoms with E-state index in [0.29, 0.717) is 0 Å². The van der Waals surface area contributed by atoms with Crippen molar-refractivity contribution in [3.63, 3.8) is 0 Å². The lowest BCUT2D eigenvalue weighted by Gasteiger charge is -2.25. The first kappa shape index (κ1) is 14.5. The largest absolute Gasteiger partial charge is 0.352 e. The first-order chi connectivity index (χ1) is 6.09. The lowest BCUT2D eigenvalue weighted by molar-refractivity contribution is -0.121. The van der Waals surface area contributed by atoms with E-state index in [1.807, 2.05) is 5.32 Å². The van der Waals surface area contributed by atoms with Gasteiger partial charge in [0.1, 0.15) is 0 Å². The highest BCUT2D eigenvalue weighted by atomic mass is 35.6. The normalized spacial score (nSPS) is 15.0. The molecule has 0 bridgehead atoms. The third kappa shape index (κ3) is 4.82. The Labute approximate surface area is 95.9 Å². The van der Waals surface area contributed by atoms with Crippen LogP contribution in [0.1, 0.15) is 13.3 Å². The Hall–Kier alpha value is 0.490. The average Bonchev–Trinajstić information content (AvgIpc) is 1.95. The number of nitrogens with one attached hydrogen (secondary N) is 1. The molecule has 0 fully saturated rings. The molecule has 5 nitrogen and oxygen atoms in total. The summed E-state index contributed by atoms with van der Waals surface area (Å²) in [7, 11) is -4.69. The molecule has 0 saturated heterocycles. The summed E-state index contributed by atoms with van der Waals surface area (Å²) in [5, 5.41) is 1.95. The second-order valence-corrected chi connectivity index (χ2v) is 6.52. The maximum atomic E-state index is 10.9. The van der Waals surface area contributed by atoms with Crippen LogP contribution in [-0.4, -0.2) is 25.3 Å². The minimum absolute atomic E-state index is 0.0389. The second-order valence-electron chi connectivity index (χ2n) is 2.45. The summed E-state index contributed by atoms with van der Waals surface area (Å²) in [6.45, 7) is 1.50. The Balaban J connectivity index is 4.77. The van der Waals surface area contributed by atoms with Gasteiger partial charge in [-0.2, -0.15) is 0 Å². The van der Waals surface area contributed by atoms with Crippen LogP contribution in [0.3, 0.4) is 0 Å². The van der Waals surface area contributed by atoms with Crippen molar-refractivity contribution in [3.05, 3.63) is 0 Å². The maximum Gasteiger partial charge on any atom is 0.352 e. The van der Waals surface area contributed by atoms with Crippen molar-refractivity contribution in [2.45, 2.75) is 22.9 Å². The Morgan fingerprint density at radius 3 is 2.14 bits per heavy atom. The molecule has 0 aliphatic carbocycles. The van der Waals surface area contributed by atoms with Gasteiger partial charge >= 0.3 is 7.60 Å². The molecule has 0 heterocycles. The van der Waals surface area contributed by atoms with E-state index >= 15 is 0 Å². The Morgan fingerprint density at radius 1 is 1.50 bits per heavy atom. The molecule has 0 aromatic heterocycles. The number of rotatable bonds is 3. The standard InChI is InChI=1S/C5H9Cl3NO4P/c1-2-3(10)9-4(5(6,7)8)14(11,12)13/h4H,2H2,1H3,(H,9,10)(H2,11,12,13)/t4-/m1/s1.